The molecule has 2 heterocycles. The highest BCUT2D eigenvalue weighted by molar-refractivity contribution is 6.10. The van der Waals surface area contributed by atoms with E-state index < -0.39 is 0 Å². The topological polar surface area (TPSA) is 41.4 Å². The summed E-state index contributed by atoms with van der Waals surface area (Å²) in [4.78, 5) is 8.62. The number of pyridine rings is 2. The van der Waals surface area contributed by atoms with Crippen LogP contribution in [0.5, 0.6) is 0 Å². The van der Waals surface area contributed by atoms with E-state index in [9.17, 15) is 0 Å². The van der Waals surface area contributed by atoms with Crippen molar-refractivity contribution in [3.63, 3.8) is 0 Å². The van der Waals surface area contributed by atoms with Gasteiger partial charge in [-0.25, -0.2) is 0 Å². The molecule has 0 amide bonds. The summed E-state index contributed by atoms with van der Waals surface area (Å²) < 4.78 is 0. The third-order valence-corrected chi connectivity index (χ3v) is 2.12. The highest BCUT2D eigenvalue weighted by Gasteiger charge is 2.09. The van der Waals surface area contributed by atoms with Crippen molar-refractivity contribution in [2.45, 2.75) is 0 Å². The van der Waals surface area contributed by atoms with Gasteiger partial charge in [-0.3, -0.25) is 9.97 Å². The zero-order valence-corrected chi connectivity index (χ0v) is 9.91. The Bertz CT molecular complexity index is 450. The Hall–Kier alpha value is -2.23. The molecule has 86 valence electrons. The molecule has 2 aromatic rings. The smallest absolute Gasteiger partial charge is 0.134 e. The Labute approximate surface area is 101 Å². The largest absolute Gasteiger partial charge is 0.302 e. The number of rotatable bonds is 3. The number of nitrogens with zero attached hydrogens (tertiary/aromatic N) is 4. The average Bonchev–Trinajstić information content (AvgIpc) is 2.38. The molecule has 0 aliphatic carbocycles. The molecule has 2 rings (SSSR count). The molecule has 0 saturated carbocycles. The minimum absolute atomic E-state index is 0.774. The van der Waals surface area contributed by atoms with Gasteiger partial charge in [0, 0.05) is 26.5 Å². The summed E-state index contributed by atoms with van der Waals surface area (Å²) in [5, 5.41) is 6.19. The lowest BCUT2D eigenvalue weighted by Gasteiger charge is -2.09. The Morgan fingerprint density at radius 3 is 1.82 bits per heavy atom. The molecule has 0 aliphatic heterocycles. The van der Waals surface area contributed by atoms with Gasteiger partial charge in [-0.05, 0) is 24.3 Å². The molecule has 0 aliphatic rings. The van der Waals surface area contributed by atoms with Crippen LogP contribution in [0.15, 0.2) is 53.9 Å². The summed E-state index contributed by atoms with van der Waals surface area (Å²) in [6, 6.07) is 11.5. The van der Waals surface area contributed by atoms with Crippen molar-refractivity contribution in [1.29, 1.82) is 0 Å². The highest BCUT2D eigenvalue weighted by atomic mass is 15.4. The number of aromatic nitrogens is 2. The summed E-state index contributed by atoms with van der Waals surface area (Å²) in [7, 11) is 3.76. The van der Waals surface area contributed by atoms with E-state index >= 15 is 0 Å². The second-order valence-corrected chi connectivity index (χ2v) is 3.73. The molecule has 0 unspecified atom stereocenters. The van der Waals surface area contributed by atoms with E-state index in [2.05, 4.69) is 15.1 Å². The van der Waals surface area contributed by atoms with Crippen LogP contribution in [0.3, 0.4) is 0 Å². The van der Waals surface area contributed by atoms with Crippen LogP contribution in [-0.4, -0.2) is 34.8 Å². The van der Waals surface area contributed by atoms with Gasteiger partial charge in [0.1, 0.15) is 5.71 Å². The quantitative estimate of drug-likeness (QED) is 0.592. The van der Waals surface area contributed by atoms with E-state index in [4.69, 9.17) is 0 Å². The third-order valence-electron chi connectivity index (χ3n) is 2.12. The number of hydrogen-bond acceptors (Lipinski definition) is 4. The first-order valence-electron chi connectivity index (χ1n) is 5.36. The van der Waals surface area contributed by atoms with E-state index in [1.165, 1.54) is 0 Å². The Balaban J connectivity index is 2.47. The van der Waals surface area contributed by atoms with E-state index in [-0.39, 0.29) is 0 Å². The van der Waals surface area contributed by atoms with Gasteiger partial charge in [0.05, 0.1) is 11.4 Å². The molecule has 4 heteroatoms. The second kappa shape index (κ2) is 5.21. The molecule has 0 aromatic carbocycles. The summed E-state index contributed by atoms with van der Waals surface area (Å²) in [6.45, 7) is 0. The maximum atomic E-state index is 4.44. The van der Waals surface area contributed by atoms with Gasteiger partial charge in [-0.15, -0.1) is 0 Å². The van der Waals surface area contributed by atoms with E-state index in [0.717, 1.165) is 17.1 Å². The predicted octanol–water partition coefficient (Wildman–Crippen LogP) is 1.79. The lowest BCUT2D eigenvalue weighted by molar-refractivity contribution is 0.438. The SMILES string of the molecule is CN(C)N=C(c1ccccn1)c1ccccn1. The molecule has 0 fully saturated rings. The van der Waals surface area contributed by atoms with E-state index in [1.807, 2.05) is 50.5 Å². The molecule has 0 atom stereocenters. The van der Waals surface area contributed by atoms with Gasteiger partial charge in [0.15, 0.2) is 0 Å². The molecule has 4 nitrogen and oxygen atoms in total. The van der Waals surface area contributed by atoms with Crippen molar-refractivity contribution in [2.24, 2.45) is 5.10 Å². The first kappa shape index (κ1) is 11.3. The maximum Gasteiger partial charge on any atom is 0.134 e. The monoisotopic (exact) mass is 226 g/mol. The van der Waals surface area contributed by atoms with Crippen molar-refractivity contribution in [2.75, 3.05) is 14.1 Å². The van der Waals surface area contributed by atoms with E-state index in [1.54, 1.807) is 17.4 Å². The van der Waals surface area contributed by atoms with Crippen LogP contribution in [0.25, 0.3) is 0 Å². The first-order valence-corrected chi connectivity index (χ1v) is 5.36. The molecule has 0 N–H and O–H groups in total. The third kappa shape index (κ3) is 2.87. The van der Waals surface area contributed by atoms with E-state index in [0.29, 0.717) is 0 Å². The Morgan fingerprint density at radius 1 is 0.941 bits per heavy atom. The summed E-state index contributed by atoms with van der Waals surface area (Å²) in [5.74, 6) is 0. The van der Waals surface area contributed by atoms with Crippen LogP contribution in [0.4, 0.5) is 0 Å². The molecule has 0 radical (unpaired) electrons. The standard InChI is InChI=1S/C13H14N4/c1-17(2)16-13(11-7-3-5-9-14-11)12-8-4-6-10-15-12/h3-10H,1-2H3. The molecular weight excluding hydrogens is 212 g/mol. The summed E-state index contributed by atoms with van der Waals surface area (Å²) in [6.07, 6.45) is 3.51. The minimum Gasteiger partial charge on any atom is -0.302 e. The molecule has 0 spiro atoms. The van der Waals surface area contributed by atoms with Gasteiger partial charge in [0.2, 0.25) is 0 Å². The summed E-state index contributed by atoms with van der Waals surface area (Å²) in [5.41, 5.74) is 2.41. The van der Waals surface area contributed by atoms with Crippen LogP contribution in [0, 0.1) is 0 Å². The lowest BCUT2D eigenvalue weighted by atomic mass is 10.1. The Morgan fingerprint density at radius 2 is 1.47 bits per heavy atom. The van der Waals surface area contributed by atoms with Gasteiger partial charge in [-0.1, -0.05) is 12.1 Å². The highest BCUT2D eigenvalue weighted by Crippen LogP contribution is 2.06. The molecule has 2 aromatic heterocycles. The fourth-order valence-electron chi connectivity index (χ4n) is 1.44. The first-order chi connectivity index (χ1) is 8.27. The summed E-state index contributed by atoms with van der Waals surface area (Å²) >= 11 is 0. The van der Waals surface area contributed by atoms with Crippen molar-refractivity contribution in [3.05, 3.63) is 60.2 Å². The van der Waals surface area contributed by atoms with Crippen LogP contribution >= 0.6 is 0 Å². The lowest BCUT2D eigenvalue weighted by Crippen LogP contribution is -2.13. The van der Waals surface area contributed by atoms with Crippen LogP contribution < -0.4 is 0 Å². The number of hydrazone groups is 1. The molecular formula is C13H14N4. The maximum absolute atomic E-state index is 4.44. The van der Waals surface area contributed by atoms with Crippen LogP contribution in [-0.2, 0) is 0 Å². The second-order valence-electron chi connectivity index (χ2n) is 3.73. The Kier molecular flexibility index (Phi) is 3.45. The van der Waals surface area contributed by atoms with Crippen LogP contribution in [0.1, 0.15) is 11.4 Å². The normalized spacial score (nSPS) is 9.76. The fraction of sp³-hybridized carbons (Fsp3) is 0.154. The zero-order valence-electron chi connectivity index (χ0n) is 9.91. The fourth-order valence-corrected chi connectivity index (χ4v) is 1.44. The molecule has 0 bridgehead atoms. The molecule has 17 heavy (non-hydrogen) atoms. The average molecular weight is 226 g/mol. The van der Waals surface area contributed by atoms with Crippen molar-refractivity contribution >= 4 is 5.71 Å². The van der Waals surface area contributed by atoms with Crippen LogP contribution in [0.2, 0.25) is 0 Å². The number of hydrogen-bond donors (Lipinski definition) is 0. The van der Waals surface area contributed by atoms with Crippen molar-refractivity contribution in [3.8, 4) is 0 Å². The van der Waals surface area contributed by atoms with Gasteiger partial charge in [0.25, 0.3) is 0 Å². The van der Waals surface area contributed by atoms with Gasteiger partial charge < -0.3 is 5.01 Å². The zero-order chi connectivity index (χ0) is 12.1. The van der Waals surface area contributed by atoms with Crippen molar-refractivity contribution in [1.82, 2.24) is 15.0 Å². The van der Waals surface area contributed by atoms with Gasteiger partial charge >= 0.3 is 0 Å². The predicted molar refractivity (Wildman–Crippen MR) is 67.8 cm³/mol. The van der Waals surface area contributed by atoms with Gasteiger partial charge in [-0.2, -0.15) is 5.10 Å². The minimum atomic E-state index is 0.774. The molecule has 0 saturated heterocycles. The van der Waals surface area contributed by atoms with Crippen molar-refractivity contribution < 1.29 is 0 Å².